The zero-order valence-electron chi connectivity index (χ0n) is 8.90. The standard InChI is InChI=1S/C10H17N3S/c1-12-14(11)10-6-4-9(5-7-10)8-13(2)3/h4-7H,8H2,1-3H3,(H2,11,12). The summed E-state index contributed by atoms with van der Waals surface area (Å²) in [6.07, 6.45) is 0. The molecule has 0 radical (unpaired) electrons. The molecule has 0 aromatic heterocycles. The van der Waals surface area contributed by atoms with Gasteiger partial charge in [0.15, 0.2) is 0 Å². The molecule has 1 aromatic rings. The molecule has 0 fully saturated rings. The summed E-state index contributed by atoms with van der Waals surface area (Å²) >= 11 is 0. The maximum atomic E-state index is 5.80. The van der Waals surface area contributed by atoms with Crippen molar-refractivity contribution in [1.29, 1.82) is 0 Å². The van der Waals surface area contributed by atoms with Crippen LogP contribution in [-0.2, 0) is 17.4 Å². The van der Waals surface area contributed by atoms with Crippen molar-refractivity contribution in [2.75, 3.05) is 21.1 Å². The Morgan fingerprint density at radius 2 is 1.86 bits per heavy atom. The third-order valence-corrected chi connectivity index (χ3v) is 3.01. The predicted octanol–water partition coefficient (Wildman–Crippen LogP) is 1.41. The average molecular weight is 211 g/mol. The van der Waals surface area contributed by atoms with Crippen LogP contribution in [0.4, 0.5) is 0 Å². The molecule has 1 aromatic carbocycles. The van der Waals surface area contributed by atoms with Crippen LogP contribution in [0.5, 0.6) is 0 Å². The molecule has 78 valence electrons. The largest absolute Gasteiger partial charge is 0.305 e. The van der Waals surface area contributed by atoms with Gasteiger partial charge in [-0.25, -0.2) is 4.36 Å². The second-order valence-electron chi connectivity index (χ2n) is 3.38. The smallest absolute Gasteiger partial charge is 0.0364 e. The van der Waals surface area contributed by atoms with E-state index in [0.29, 0.717) is 0 Å². The van der Waals surface area contributed by atoms with E-state index in [9.17, 15) is 0 Å². The molecule has 0 saturated carbocycles. The Morgan fingerprint density at radius 1 is 1.29 bits per heavy atom. The third-order valence-electron chi connectivity index (χ3n) is 1.86. The van der Waals surface area contributed by atoms with Gasteiger partial charge < -0.3 is 4.90 Å². The van der Waals surface area contributed by atoms with E-state index in [-0.39, 0.29) is 0 Å². The van der Waals surface area contributed by atoms with Crippen molar-refractivity contribution in [2.24, 2.45) is 9.50 Å². The molecule has 1 unspecified atom stereocenters. The molecule has 2 N–H and O–H groups in total. The van der Waals surface area contributed by atoms with Gasteiger partial charge in [0.1, 0.15) is 0 Å². The topological polar surface area (TPSA) is 41.6 Å². The first-order valence-corrected chi connectivity index (χ1v) is 5.70. The fourth-order valence-electron chi connectivity index (χ4n) is 1.20. The number of benzene rings is 1. The van der Waals surface area contributed by atoms with Gasteiger partial charge in [-0.1, -0.05) is 12.1 Å². The van der Waals surface area contributed by atoms with Crippen LogP contribution in [-0.4, -0.2) is 26.0 Å². The zero-order chi connectivity index (χ0) is 10.6. The fraction of sp³-hybridized carbons (Fsp3) is 0.400. The van der Waals surface area contributed by atoms with Crippen LogP contribution in [0.25, 0.3) is 0 Å². The molecule has 0 aliphatic rings. The molecule has 1 atom stereocenters. The fourth-order valence-corrected chi connectivity index (χ4v) is 1.83. The summed E-state index contributed by atoms with van der Waals surface area (Å²) in [6.45, 7) is 0.960. The summed E-state index contributed by atoms with van der Waals surface area (Å²) in [7, 11) is 5.41. The molecular formula is C10H17N3S. The number of rotatable bonds is 3. The molecular weight excluding hydrogens is 194 g/mol. The minimum absolute atomic E-state index is 0.450. The van der Waals surface area contributed by atoms with Gasteiger partial charge in [0.2, 0.25) is 0 Å². The summed E-state index contributed by atoms with van der Waals surface area (Å²) in [5.74, 6) is 0. The van der Waals surface area contributed by atoms with Gasteiger partial charge in [-0.3, -0.25) is 5.14 Å². The van der Waals surface area contributed by atoms with E-state index in [2.05, 4.69) is 47.6 Å². The van der Waals surface area contributed by atoms with Crippen molar-refractivity contribution in [1.82, 2.24) is 4.90 Å². The van der Waals surface area contributed by atoms with E-state index in [0.717, 1.165) is 11.4 Å². The quantitative estimate of drug-likeness (QED) is 0.821. The molecule has 14 heavy (non-hydrogen) atoms. The van der Waals surface area contributed by atoms with Crippen LogP contribution < -0.4 is 5.14 Å². The van der Waals surface area contributed by atoms with Gasteiger partial charge in [0, 0.05) is 18.5 Å². The van der Waals surface area contributed by atoms with Crippen LogP contribution in [0.2, 0.25) is 0 Å². The Morgan fingerprint density at radius 3 is 2.29 bits per heavy atom. The molecule has 0 aliphatic carbocycles. The summed E-state index contributed by atoms with van der Waals surface area (Å²) in [5, 5.41) is 5.80. The number of hydrogen-bond donors (Lipinski definition) is 1. The zero-order valence-corrected chi connectivity index (χ0v) is 9.71. The highest BCUT2D eigenvalue weighted by molar-refractivity contribution is 7.85. The normalized spacial score (nSPS) is 13.5. The lowest BCUT2D eigenvalue weighted by Gasteiger charge is -2.09. The maximum Gasteiger partial charge on any atom is 0.0364 e. The van der Waals surface area contributed by atoms with E-state index >= 15 is 0 Å². The van der Waals surface area contributed by atoms with Gasteiger partial charge in [-0.2, -0.15) is 0 Å². The minimum Gasteiger partial charge on any atom is -0.305 e. The Labute approximate surface area is 88.2 Å². The molecule has 0 bridgehead atoms. The summed E-state index contributed by atoms with van der Waals surface area (Å²) in [4.78, 5) is 3.23. The van der Waals surface area contributed by atoms with Crippen LogP contribution in [0.15, 0.2) is 33.5 Å². The second kappa shape index (κ2) is 5.24. The van der Waals surface area contributed by atoms with Crippen molar-refractivity contribution < 1.29 is 0 Å². The van der Waals surface area contributed by atoms with Gasteiger partial charge in [-0.15, -0.1) is 0 Å². The molecule has 3 nitrogen and oxygen atoms in total. The first-order chi connectivity index (χ1) is 6.63. The van der Waals surface area contributed by atoms with Crippen molar-refractivity contribution in [3.05, 3.63) is 29.8 Å². The number of hydrogen-bond acceptors (Lipinski definition) is 2. The molecule has 0 heterocycles. The molecule has 4 heteroatoms. The highest BCUT2D eigenvalue weighted by Gasteiger charge is 1.97. The Hall–Kier alpha value is -0.710. The Bertz CT molecular complexity index is 317. The Kier molecular flexibility index (Phi) is 4.25. The molecule has 0 spiro atoms. The first-order valence-electron chi connectivity index (χ1n) is 4.46. The van der Waals surface area contributed by atoms with E-state index < -0.39 is 10.9 Å². The van der Waals surface area contributed by atoms with Crippen LogP contribution in [0, 0.1) is 0 Å². The van der Waals surface area contributed by atoms with E-state index in [1.54, 1.807) is 7.05 Å². The first kappa shape index (κ1) is 11.4. The highest BCUT2D eigenvalue weighted by atomic mass is 32.2. The van der Waals surface area contributed by atoms with Gasteiger partial charge in [0.25, 0.3) is 0 Å². The van der Waals surface area contributed by atoms with Crippen LogP contribution in [0.3, 0.4) is 0 Å². The molecule has 0 saturated heterocycles. The van der Waals surface area contributed by atoms with Crippen molar-refractivity contribution in [2.45, 2.75) is 11.4 Å². The molecule has 0 amide bonds. The number of nitrogens with zero attached hydrogens (tertiary/aromatic N) is 2. The van der Waals surface area contributed by atoms with Crippen molar-refractivity contribution >= 4 is 10.9 Å². The van der Waals surface area contributed by atoms with E-state index in [1.165, 1.54) is 5.56 Å². The monoisotopic (exact) mass is 211 g/mol. The number of nitrogens with two attached hydrogens (primary N) is 1. The summed E-state index contributed by atoms with van der Waals surface area (Å²) < 4.78 is 4.04. The maximum absolute atomic E-state index is 5.80. The van der Waals surface area contributed by atoms with Crippen molar-refractivity contribution in [3.8, 4) is 0 Å². The lowest BCUT2D eigenvalue weighted by molar-refractivity contribution is 0.402. The average Bonchev–Trinajstić information content (AvgIpc) is 2.17. The van der Waals surface area contributed by atoms with Gasteiger partial charge >= 0.3 is 0 Å². The second-order valence-corrected chi connectivity index (χ2v) is 4.84. The van der Waals surface area contributed by atoms with E-state index in [1.807, 2.05) is 0 Å². The van der Waals surface area contributed by atoms with Crippen molar-refractivity contribution in [3.63, 3.8) is 0 Å². The summed E-state index contributed by atoms with van der Waals surface area (Å²) in [5.41, 5.74) is 1.30. The van der Waals surface area contributed by atoms with Gasteiger partial charge in [-0.05, 0) is 42.7 Å². The SMILES string of the molecule is CN=S(N)c1ccc(CN(C)C)cc1. The van der Waals surface area contributed by atoms with Gasteiger partial charge in [0.05, 0.1) is 0 Å². The summed E-state index contributed by atoms with van der Waals surface area (Å²) in [6, 6.07) is 8.31. The minimum atomic E-state index is -0.450. The van der Waals surface area contributed by atoms with Crippen LogP contribution >= 0.6 is 0 Å². The molecule has 1 rings (SSSR count). The molecule has 0 aliphatic heterocycles. The van der Waals surface area contributed by atoms with E-state index in [4.69, 9.17) is 5.14 Å². The lowest BCUT2D eigenvalue weighted by atomic mass is 10.2. The predicted molar refractivity (Wildman–Crippen MR) is 62.0 cm³/mol. The third kappa shape index (κ3) is 3.21. The Balaban J connectivity index is 2.78. The highest BCUT2D eigenvalue weighted by Crippen LogP contribution is 2.08. The van der Waals surface area contributed by atoms with Crippen LogP contribution in [0.1, 0.15) is 5.56 Å². The lowest BCUT2D eigenvalue weighted by Crippen LogP contribution is -2.10.